The third-order valence-corrected chi connectivity index (χ3v) is 4.20. The first-order valence-electron chi connectivity index (χ1n) is 7.62. The van der Waals surface area contributed by atoms with Gasteiger partial charge in [-0.2, -0.15) is 0 Å². The van der Waals surface area contributed by atoms with Crippen molar-refractivity contribution in [1.29, 1.82) is 0 Å². The van der Waals surface area contributed by atoms with Gasteiger partial charge >= 0.3 is 0 Å². The van der Waals surface area contributed by atoms with Crippen LogP contribution in [0.1, 0.15) is 6.42 Å². The average Bonchev–Trinajstić information content (AvgIpc) is 3.01. The minimum absolute atomic E-state index is 0.230. The molecule has 2 N–H and O–H groups in total. The molecule has 4 nitrogen and oxygen atoms in total. The predicted molar refractivity (Wildman–Crippen MR) is 89.8 cm³/mol. The molecule has 0 bridgehead atoms. The highest BCUT2D eigenvalue weighted by molar-refractivity contribution is 5.86. The second-order valence-corrected chi connectivity index (χ2v) is 5.80. The molecule has 3 aromatic rings. The maximum atomic E-state index is 5.98. The van der Waals surface area contributed by atoms with Crippen LogP contribution in [0.15, 0.2) is 54.7 Å². The molecule has 1 aromatic heterocycles. The van der Waals surface area contributed by atoms with E-state index in [9.17, 15) is 0 Å². The Morgan fingerprint density at radius 2 is 1.91 bits per heavy atom. The van der Waals surface area contributed by atoms with Crippen LogP contribution in [0.2, 0.25) is 0 Å². The molecular weight excluding hydrogens is 272 g/mol. The van der Waals surface area contributed by atoms with Gasteiger partial charge in [0.25, 0.3) is 0 Å². The van der Waals surface area contributed by atoms with Crippen molar-refractivity contribution in [2.75, 3.05) is 18.0 Å². The van der Waals surface area contributed by atoms with Crippen LogP contribution in [0.3, 0.4) is 0 Å². The number of aromatic nitrogens is 2. The molecule has 22 heavy (non-hydrogen) atoms. The van der Waals surface area contributed by atoms with Crippen molar-refractivity contribution in [3.05, 3.63) is 54.7 Å². The van der Waals surface area contributed by atoms with E-state index in [2.05, 4.69) is 52.3 Å². The largest absolute Gasteiger partial charge is 0.339 e. The first-order chi connectivity index (χ1) is 10.8. The average molecular weight is 290 g/mol. The highest BCUT2D eigenvalue weighted by atomic mass is 15.3. The van der Waals surface area contributed by atoms with Crippen LogP contribution >= 0.6 is 0 Å². The maximum absolute atomic E-state index is 5.98. The molecule has 1 aliphatic heterocycles. The Labute approximate surface area is 129 Å². The van der Waals surface area contributed by atoms with Crippen molar-refractivity contribution in [3.63, 3.8) is 0 Å². The van der Waals surface area contributed by atoms with Crippen molar-refractivity contribution in [1.82, 2.24) is 9.97 Å². The van der Waals surface area contributed by atoms with Crippen molar-refractivity contribution < 1.29 is 0 Å². The summed E-state index contributed by atoms with van der Waals surface area (Å²) in [7, 11) is 0. The van der Waals surface area contributed by atoms with Crippen LogP contribution in [0.25, 0.3) is 22.0 Å². The van der Waals surface area contributed by atoms with E-state index in [1.165, 1.54) is 10.8 Å². The number of nitrogens with zero attached hydrogens (tertiary/aromatic N) is 3. The highest BCUT2D eigenvalue weighted by Gasteiger charge is 2.21. The number of hydrogen-bond donors (Lipinski definition) is 1. The lowest BCUT2D eigenvalue weighted by atomic mass is 10.1. The Morgan fingerprint density at radius 3 is 2.73 bits per heavy atom. The molecular formula is C18H18N4. The fourth-order valence-corrected chi connectivity index (χ4v) is 2.98. The van der Waals surface area contributed by atoms with Gasteiger partial charge in [-0.05, 0) is 29.3 Å². The standard InChI is InChI=1S/C18H18N4/c19-16-8-10-22(12-16)18-20-9-7-17(21-18)15-6-5-13-3-1-2-4-14(13)11-15/h1-7,9,11,16H,8,10,12,19H2/t16-/m0/s1. The molecule has 1 atom stereocenters. The van der Waals surface area contributed by atoms with Crippen LogP contribution in [-0.2, 0) is 0 Å². The lowest BCUT2D eigenvalue weighted by Gasteiger charge is -2.16. The first-order valence-corrected chi connectivity index (χ1v) is 7.62. The zero-order valence-corrected chi connectivity index (χ0v) is 12.3. The quantitative estimate of drug-likeness (QED) is 0.788. The summed E-state index contributed by atoms with van der Waals surface area (Å²) in [5.41, 5.74) is 8.05. The van der Waals surface area contributed by atoms with Gasteiger partial charge in [-0.1, -0.05) is 36.4 Å². The molecule has 0 radical (unpaired) electrons. The lowest BCUT2D eigenvalue weighted by Crippen LogP contribution is -2.27. The van der Waals surface area contributed by atoms with Crippen LogP contribution < -0.4 is 10.6 Å². The van der Waals surface area contributed by atoms with Crippen LogP contribution in [0.4, 0.5) is 5.95 Å². The van der Waals surface area contributed by atoms with Gasteiger partial charge in [0, 0.05) is 30.9 Å². The Morgan fingerprint density at radius 1 is 1.05 bits per heavy atom. The molecule has 4 rings (SSSR count). The SMILES string of the molecule is N[C@H]1CCN(c2nccc(-c3ccc4ccccc4c3)n2)C1. The number of hydrogen-bond acceptors (Lipinski definition) is 4. The van der Waals surface area contributed by atoms with Crippen molar-refractivity contribution >= 4 is 16.7 Å². The summed E-state index contributed by atoms with van der Waals surface area (Å²) >= 11 is 0. The molecule has 0 aliphatic carbocycles. The summed E-state index contributed by atoms with van der Waals surface area (Å²) in [4.78, 5) is 11.3. The molecule has 0 amide bonds. The summed E-state index contributed by atoms with van der Waals surface area (Å²) in [6.45, 7) is 1.77. The normalized spacial score (nSPS) is 18.0. The number of benzene rings is 2. The Hall–Kier alpha value is -2.46. The number of anilines is 1. The van der Waals surface area contributed by atoms with E-state index in [0.29, 0.717) is 0 Å². The molecule has 2 heterocycles. The Balaban J connectivity index is 1.71. The molecule has 110 valence electrons. The third kappa shape index (κ3) is 2.42. The Kier molecular flexibility index (Phi) is 3.24. The van der Waals surface area contributed by atoms with Gasteiger partial charge < -0.3 is 10.6 Å². The lowest BCUT2D eigenvalue weighted by molar-refractivity contribution is 0.750. The van der Waals surface area contributed by atoms with Crippen molar-refractivity contribution in [3.8, 4) is 11.3 Å². The van der Waals surface area contributed by atoms with E-state index in [1.807, 2.05) is 12.3 Å². The van der Waals surface area contributed by atoms with Gasteiger partial charge in [0.2, 0.25) is 5.95 Å². The predicted octanol–water partition coefficient (Wildman–Crippen LogP) is 2.83. The van der Waals surface area contributed by atoms with E-state index in [1.54, 1.807) is 0 Å². The summed E-state index contributed by atoms with van der Waals surface area (Å²) in [5, 5.41) is 2.47. The van der Waals surface area contributed by atoms with E-state index >= 15 is 0 Å². The monoisotopic (exact) mass is 290 g/mol. The molecule has 2 aromatic carbocycles. The topological polar surface area (TPSA) is 55.0 Å². The zero-order valence-electron chi connectivity index (χ0n) is 12.3. The van der Waals surface area contributed by atoms with Gasteiger partial charge in [-0.15, -0.1) is 0 Å². The smallest absolute Gasteiger partial charge is 0.225 e. The van der Waals surface area contributed by atoms with Crippen LogP contribution in [0.5, 0.6) is 0 Å². The molecule has 1 aliphatic rings. The molecule has 0 spiro atoms. The third-order valence-electron chi connectivity index (χ3n) is 4.20. The first kappa shape index (κ1) is 13.2. The second-order valence-electron chi connectivity index (χ2n) is 5.80. The molecule has 0 unspecified atom stereocenters. The molecule has 0 saturated carbocycles. The van der Waals surface area contributed by atoms with Gasteiger partial charge in [0.05, 0.1) is 5.69 Å². The fourth-order valence-electron chi connectivity index (χ4n) is 2.98. The maximum Gasteiger partial charge on any atom is 0.225 e. The van der Waals surface area contributed by atoms with E-state index in [0.717, 1.165) is 36.7 Å². The fraction of sp³-hybridized carbons (Fsp3) is 0.222. The van der Waals surface area contributed by atoms with Crippen LogP contribution in [0, 0.1) is 0 Å². The van der Waals surface area contributed by atoms with Crippen LogP contribution in [-0.4, -0.2) is 29.1 Å². The number of nitrogens with two attached hydrogens (primary N) is 1. The second kappa shape index (κ2) is 5.39. The summed E-state index contributed by atoms with van der Waals surface area (Å²) in [5.74, 6) is 0.776. The summed E-state index contributed by atoms with van der Waals surface area (Å²) in [6.07, 6.45) is 2.83. The van der Waals surface area contributed by atoms with Gasteiger partial charge in [0.1, 0.15) is 0 Å². The van der Waals surface area contributed by atoms with Gasteiger partial charge in [-0.25, -0.2) is 9.97 Å². The molecule has 4 heteroatoms. The molecule has 1 saturated heterocycles. The van der Waals surface area contributed by atoms with Crippen molar-refractivity contribution in [2.45, 2.75) is 12.5 Å². The number of rotatable bonds is 2. The highest BCUT2D eigenvalue weighted by Crippen LogP contribution is 2.24. The van der Waals surface area contributed by atoms with E-state index < -0.39 is 0 Å². The summed E-state index contributed by atoms with van der Waals surface area (Å²) in [6, 6.07) is 17.0. The van der Waals surface area contributed by atoms with Gasteiger partial charge in [-0.3, -0.25) is 0 Å². The van der Waals surface area contributed by atoms with Crippen molar-refractivity contribution in [2.24, 2.45) is 5.73 Å². The summed E-state index contributed by atoms with van der Waals surface area (Å²) < 4.78 is 0. The molecule has 1 fully saturated rings. The zero-order chi connectivity index (χ0) is 14.9. The van der Waals surface area contributed by atoms with E-state index in [4.69, 9.17) is 10.7 Å². The minimum Gasteiger partial charge on any atom is -0.339 e. The van der Waals surface area contributed by atoms with Gasteiger partial charge in [0.15, 0.2) is 0 Å². The minimum atomic E-state index is 0.230. The Bertz CT molecular complexity index is 815. The van der Waals surface area contributed by atoms with E-state index in [-0.39, 0.29) is 6.04 Å². The number of fused-ring (bicyclic) bond motifs is 1.